The Morgan fingerprint density at radius 1 is 1.24 bits per heavy atom. The number of carbonyl (C=O) groups is 1. The Bertz CT molecular complexity index is 393. The van der Waals surface area contributed by atoms with E-state index in [4.69, 9.17) is 0 Å². The molecule has 2 unspecified atom stereocenters. The lowest BCUT2D eigenvalue weighted by Gasteiger charge is -2.17. The molecule has 1 rings (SSSR count). The van der Waals surface area contributed by atoms with Gasteiger partial charge in [-0.25, -0.2) is 0 Å². The SMILES string of the molecule is CCCCC(CC)CNC(=O)C(C)SCc1ccccc1. The molecule has 0 saturated carbocycles. The quantitative estimate of drug-likeness (QED) is 0.682. The number of hydrogen-bond acceptors (Lipinski definition) is 2. The predicted molar refractivity (Wildman–Crippen MR) is 93.5 cm³/mol. The number of rotatable bonds is 10. The van der Waals surface area contributed by atoms with E-state index in [-0.39, 0.29) is 11.2 Å². The van der Waals surface area contributed by atoms with Crippen LogP contribution in [0, 0.1) is 5.92 Å². The summed E-state index contributed by atoms with van der Waals surface area (Å²) in [7, 11) is 0. The molecule has 0 aliphatic carbocycles. The van der Waals surface area contributed by atoms with Crippen molar-refractivity contribution in [3.8, 4) is 0 Å². The summed E-state index contributed by atoms with van der Waals surface area (Å²) in [5.74, 6) is 1.69. The van der Waals surface area contributed by atoms with Crippen LogP contribution in [0.4, 0.5) is 0 Å². The number of benzene rings is 1. The van der Waals surface area contributed by atoms with E-state index in [1.807, 2.05) is 25.1 Å². The minimum Gasteiger partial charge on any atom is -0.355 e. The van der Waals surface area contributed by atoms with Crippen molar-refractivity contribution in [2.45, 2.75) is 57.5 Å². The van der Waals surface area contributed by atoms with Gasteiger partial charge in [0.15, 0.2) is 0 Å². The van der Waals surface area contributed by atoms with Gasteiger partial charge in [0, 0.05) is 12.3 Å². The Kier molecular flexibility index (Phi) is 9.24. The van der Waals surface area contributed by atoms with Crippen LogP contribution in [0.1, 0.15) is 52.0 Å². The third-order valence-electron chi connectivity index (χ3n) is 3.82. The maximum absolute atomic E-state index is 12.1. The summed E-state index contributed by atoms with van der Waals surface area (Å²) in [5.41, 5.74) is 1.27. The molecule has 1 N–H and O–H groups in total. The monoisotopic (exact) mass is 307 g/mol. The van der Waals surface area contributed by atoms with Crippen LogP contribution in [0.5, 0.6) is 0 Å². The van der Waals surface area contributed by atoms with Gasteiger partial charge in [-0.15, -0.1) is 11.8 Å². The van der Waals surface area contributed by atoms with Crippen LogP contribution in [0.15, 0.2) is 30.3 Å². The Morgan fingerprint density at radius 2 is 1.95 bits per heavy atom. The highest BCUT2D eigenvalue weighted by Crippen LogP contribution is 2.18. The number of unbranched alkanes of at least 4 members (excludes halogenated alkanes) is 1. The third kappa shape index (κ3) is 7.56. The molecule has 2 nitrogen and oxygen atoms in total. The van der Waals surface area contributed by atoms with Crippen molar-refractivity contribution in [3.63, 3.8) is 0 Å². The molecule has 2 atom stereocenters. The molecule has 0 heterocycles. The van der Waals surface area contributed by atoms with Crippen LogP contribution in [-0.4, -0.2) is 17.7 Å². The molecular formula is C18H29NOS. The molecule has 3 heteroatoms. The van der Waals surface area contributed by atoms with Gasteiger partial charge >= 0.3 is 0 Å². The topological polar surface area (TPSA) is 29.1 Å². The largest absolute Gasteiger partial charge is 0.355 e. The first-order chi connectivity index (χ1) is 10.2. The highest BCUT2D eigenvalue weighted by molar-refractivity contribution is 7.99. The van der Waals surface area contributed by atoms with Gasteiger partial charge in [-0.2, -0.15) is 0 Å². The first-order valence-electron chi connectivity index (χ1n) is 8.10. The van der Waals surface area contributed by atoms with E-state index in [2.05, 4.69) is 31.3 Å². The van der Waals surface area contributed by atoms with Gasteiger partial charge in [0.25, 0.3) is 0 Å². The number of amides is 1. The molecule has 0 radical (unpaired) electrons. The van der Waals surface area contributed by atoms with E-state index in [1.165, 1.54) is 24.8 Å². The van der Waals surface area contributed by atoms with Gasteiger partial charge in [0.1, 0.15) is 0 Å². The zero-order valence-corrected chi connectivity index (χ0v) is 14.4. The molecule has 0 bridgehead atoms. The van der Waals surface area contributed by atoms with Gasteiger partial charge in [-0.1, -0.05) is 63.4 Å². The third-order valence-corrected chi connectivity index (χ3v) is 5.03. The van der Waals surface area contributed by atoms with Crippen molar-refractivity contribution >= 4 is 17.7 Å². The lowest BCUT2D eigenvalue weighted by atomic mass is 9.99. The Balaban J connectivity index is 2.27. The van der Waals surface area contributed by atoms with Crippen LogP contribution in [0.3, 0.4) is 0 Å². The van der Waals surface area contributed by atoms with E-state index in [9.17, 15) is 4.79 Å². The first kappa shape index (κ1) is 18.1. The summed E-state index contributed by atoms with van der Waals surface area (Å²) in [6.45, 7) is 7.25. The van der Waals surface area contributed by atoms with Crippen LogP contribution >= 0.6 is 11.8 Å². The standard InChI is InChI=1S/C18H29NOS/c1-4-6-10-16(5-2)13-19-18(20)15(3)21-14-17-11-8-7-9-12-17/h7-9,11-12,15-16H,4-6,10,13-14H2,1-3H3,(H,19,20). The smallest absolute Gasteiger partial charge is 0.232 e. The molecule has 21 heavy (non-hydrogen) atoms. The number of nitrogens with one attached hydrogen (secondary N) is 1. The van der Waals surface area contributed by atoms with Gasteiger partial charge < -0.3 is 5.32 Å². The van der Waals surface area contributed by atoms with E-state index < -0.39 is 0 Å². The summed E-state index contributed by atoms with van der Waals surface area (Å²) in [5, 5.41) is 3.13. The molecule has 0 aliphatic rings. The molecule has 1 amide bonds. The number of hydrogen-bond donors (Lipinski definition) is 1. The molecule has 0 spiro atoms. The van der Waals surface area contributed by atoms with Crippen LogP contribution in [0.25, 0.3) is 0 Å². The van der Waals surface area contributed by atoms with Crippen molar-refractivity contribution < 1.29 is 4.79 Å². The van der Waals surface area contributed by atoms with Gasteiger partial charge in [0.05, 0.1) is 5.25 Å². The second-order valence-electron chi connectivity index (χ2n) is 5.60. The van der Waals surface area contributed by atoms with Gasteiger partial charge in [-0.3, -0.25) is 4.79 Å². The normalized spacial score (nSPS) is 13.7. The summed E-state index contributed by atoms with van der Waals surface area (Å²) in [4.78, 5) is 12.1. The number of carbonyl (C=O) groups excluding carboxylic acids is 1. The Hall–Kier alpha value is -0.960. The minimum absolute atomic E-state index is 0.00823. The van der Waals surface area contributed by atoms with Crippen molar-refractivity contribution in [3.05, 3.63) is 35.9 Å². The maximum Gasteiger partial charge on any atom is 0.232 e. The predicted octanol–water partition coefficient (Wildman–Crippen LogP) is 4.64. The highest BCUT2D eigenvalue weighted by Gasteiger charge is 2.15. The molecule has 0 aliphatic heterocycles. The van der Waals surface area contributed by atoms with Crippen LogP contribution < -0.4 is 5.32 Å². The Morgan fingerprint density at radius 3 is 2.57 bits per heavy atom. The van der Waals surface area contributed by atoms with Crippen LogP contribution in [-0.2, 0) is 10.5 Å². The molecule has 1 aromatic rings. The summed E-state index contributed by atoms with van der Waals surface area (Å²) >= 11 is 1.70. The number of thioether (sulfide) groups is 1. The second-order valence-corrected chi connectivity index (χ2v) is 6.93. The van der Waals surface area contributed by atoms with Crippen molar-refractivity contribution in [1.82, 2.24) is 5.32 Å². The summed E-state index contributed by atoms with van der Waals surface area (Å²) < 4.78 is 0. The maximum atomic E-state index is 12.1. The fourth-order valence-corrected chi connectivity index (χ4v) is 3.07. The summed E-state index contributed by atoms with van der Waals surface area (Å²) in [6, 6.07) is 10.3. The zero-order valence-electron chi connectivity index (χ0n) is 13.6. The van der Waals surface area contributed by atoms with E-state index in [0.717, 1.165) is 18.7 Å². The Labute approximate surface area is 134 Å². The van der Waals surface area contributed by atoms with Crippen molar-refractivity contribution in [2.24, 2.45) is 5.92 Å². The fourth-order valence-electron chi connectivity index (χ4n) is 2.20. The fraction of sp³-hybridized carbons (Fsp3) is 0.611. The van der Waals surface area contributed by atoms with Crippen LogP contribution in [0.2, 0.25) is 0 Å². The first-order valence-corrected chi connectivity index (χ1v) is 9.15. The molecule has 0 saturated heterocycles. The average Bonchev–Trinajstić information content (AvgIpc) is 2.53. The van der Waals surface area contributed by atoms with E-state index >= 15 is 0 Å². The lowest BCUT2D eigenvalue weighted by Crippen LogP contribution is -2.34. The van der Waals surface area contributed by atoms with Gasteiger partial charge in [-0.05, 0) is 24.8 Å². The minimum atomic E-state index is 0.00823. The molecule has 118 valence electrons. The summed E-state index contributed by atoms with van der Waals surface area (Å²) in [6.07, 6.45) is 4.85. The molecular weight excluding hydrogens is 278 g/mol. The average molecular weight is 308 g/mol. The zero-order chi connectivity index (χ0) is 15.5. The van der Waals surface area contributed by atoms with E-state index in [1.54, 1.807) is 11.8 Å². The van der Waals surface area contributed by atoms with E-state index in [0.29, 0.717) is 5.92 Å². The van der Waals surface area contributed by atoms with Crippen molar-refractivity contribution in [1.29, 1.82) is 0 Å². The van der Waals surface area contributed by atoms with Crippen molar-refractivity contribution in [2.75, 3.05) is 6.54 Å². The molecule has 0 fully saturated rings. The highest BCUT2D eigenvalue weighted by atomic mass is 32.2. The second kappa shape index (κ2) is 10.7. The molecule has 0 aromatic heterocycles. The molecule has 1 aromatic carbocycles. The lowest BCUT2D eigenvalue weighted by molar-refractivity contribution is -0.120. The van der Waals surface area contributed by atoms with Gasteiger partial charge in [0.2, 0.25) is 5.91 Å².